The molecule has 99 valence electrons. The molecule has 1 atom stereocenters. The van der Waals surface area contributed by atoms with Gasteiger partial charge in [-0.3, -0.25) is 0 Å². The molecule has 1 aromatic carbocycles. The van der Waals surface area contributed by atoms with Gasteiger partial charge in [-0.25, -0.2) is 5.32 Å². The standard InChI is InChI=1S/C12H14F3N2O/c13-12(14,15)8-18-10-3-1-9(2-4-10)11-7-16-5-6-17-11/h1-4,11,16H,5-8H2. The Morgan fingerprint density at radius 3 is 2.56 bits per heavy atom. The van der Waals surface area contributed by atoms with Crippen molar-refractivity contribution < 1.29 is 17.9 Å². The van der Waals surface area contributed by atoms with Crippen LogP contribution >= 0.6 is 0 Å². The highest BCUT2D eigenvalue weighted by atomic mass is 19.4. The number of piperazine rings is 1. The fraction of sp³-hybridized carbons (Fsp3) is 0.500. The number of rotatable bonds is 3. The summed E-state index contributed by atoms with van der Waals surface area (Å²) in [5.74, 6) is 0.222. The van der Waals surface area contributed by atoms with Gasteiger partial charge in [0.25, 0.3) is 0 Å². The van der Waals surface area contributed by atoms with Gasteiger partial charge in [0.15, 0.2) is 6.61 Å². The van der Waals surface area contributed by atoms with Crippen molar-refractivity contribution in [2.45, 2.75) is 12.2 Å². The first-order valence-corrected chi connectivity index (χ1v) is 5.71. The topological polar surface area (TPSA) is 35.4 Å². The second-order valence-electron chi connectivity index (χ2n) is 4.10. The van der Waals surface area contributed by atoms with Gasteiger partial charge in [0.05, 0.1) is 6.04 Å². The zero-order valence-electron chi connectivity index (χ0n) is 9.70. The zero-order valence-corrected chi connectivity index (χ0v) is 9.70. The SMILES string of the molecule is FC(F)(F)COc1ccc(C2CNCC[N]2)cc1. The Morgan fingerprint density at radius 2 is 2.00 bits per heavy atom. The number of halogens is 3. The lowest BCUT2D eigenvalue weighted by Crippen LogP contribution is -2.38. The minimum absolute atomic E-state index is 0.0791. The van der Waals surface area contributed by atoms with E-state index in [2.05, 4.69) is 15.4 Å². The van der Waals surface area contributed by atoms with Gasteiger partial charge < -0.3 is 10.1 Å². The maximum absolute atomic E-state index is 12.0. The van der Waals surface area contributed by atoms with Crippen LogP contribution in [-0.4, -0.2) is 32.4 Å². The van der Waals surface area contributed by atoms with E-state index in [1.54, 1.807) is 24.3 Å². The molecule has 0 spiro atoms. The number of benzene rings is 1. The maximum Gasteiger partial charge on any atom is 0.422 e. The van der Waals surface area contributed by atoms with E-state index in [0.717, 1.165) is 25.2 Å². The molecule has 1 N–H and O–H groups in total. The van der Waals surface area contributed by atoms with Gasteiger partial charge in [-0.2, -0.15) is 13.2 Å². The first-order chi connectivity index (χ1) is 8.54. The van der Waals surface area contributed by atoms with Crippen molar-refractivity contribution in [2.24, 2.45) is 0 Å². The minimum Gasteiger partial charge on any atom is -0.484 e. The predicted octanol–water partition coefficient (Wildman–Crippen LogP) is 1.88. The van der Waals surface area contributed by atoms with E-state index < -0.39 is 12.8 Å². The number of alkyl halides is 3. The summed E-state index contributed by atoms with van der Waals surface area (Å²) in [6.07, 6.45) is -4.30. The van der Waals surface area contributed by atoms with Crippen molar-refractivity contribution in [1.29, 1.82) is 0 Å². The van der Waals surface area contributed by atoms with Gasteiger partial charge in [-0.05, 0) is 17.7 Å². The average Bonchev–Trinajstić information content (AvgIpc) is 2.37. The monoisotopic (exact) mass is 259 g/mol. The van der Waals surface area contributed by atoms with E-state index in [1.807, 2.05) is 0 Å². The molecule has 6 heteroatoms. The van der Waals surface area contributed by atoms with Crippen LogP contribution in [0.4, 0.5) is 13.2 Å². The predicted molar refractivity (Wildman–Crippen MR) is 60.6 cm³/mol. The molecule has 0 saturated carbocycles. The lowest BCUT2D eigenvalue weighted by Gasteiger charge is -2.23. The van der Waals surface area contributed by atoms with Crippen LogP contribution in [-0.2, 0) is 0 Å². The highest BCUT2D eigenvalue weighted by molar-refractivity contribution is 5.29. The molecule has 2 rings (SSSR count). The Kier molecular flexibility index (Phi) is 4.08. The van der Waals surface area contributed by atoms with Crippen LogP contribution in [0.2, 0.25) is 0 Å². The Bertz CT molecular complexity index is 372. The van der Waals surface area contributed by atoms with Crippen molar-refractivity contribution in [3.05, 3.63) is 29.8 Å². The molecule has 0 aromatic heterocycles. The van der Waals surface area contributed by atoms with E-state index in [1.165, 1.54) is 0 Å². The van der Waals surface area contributed by atoms with Gasteiger partial charge in [-0.15, -0.1) is 0 Å². The number of hydrogen-bond donors (Lipinski definition) is 1. The summed E-state index contributed by atoms with van der Waals surface area (Å²) in [4.78, 5) is 0. The van der Waals surface area contributed by atoms with Crippen LogP contribution in [0, 0.1) is 0 Å². The molecule has 1 heterocycles. The summed E-state index contributed by atoms with van der Waals surface area (Å²) in [7, 11) is 0. The third kappa shape index (κ3) is 3.89. The number of nitrogens with one attached hydrogen (secondary N) is 1. The summed E-state index contributed by atoms with van der Waals surface area (Å²) >= 11 is 0. The fourth-order valence-corrected chi connectivity index (χ4v) is 1.78. The Balaban J connectivity index is 1.92. The van der Waals surface area contributed by atoms with Crippen molar-refractivity contribution >= 4 is 0 Å². The molecule has 0 aliphatic carbocycles. The van der Waals surface area contributed by atoms with Crippen LogP contribution in [0.1, 0.15) is 11.6 Å². The minimum atomic E-state index is -4.30. The Hall–Kier alpha value is -1.27. The lowest BCUT2D eigenvalue weighted by molar-refractivity contribution is -0.153. The second kappa shape index (κ2) is 5.58. The second-order valence-corrected chi connectivity index (χ2v) is 4.10. The molecular formula is C12H14F3N2O. The summed E-state index contributed by atoms with van der Waals surface area (Å²) in [5, 5.41) is 7.65. The van der Waals surface area contributed by atoms with E-state index in [9.17, 15) is 13.2 Å². The van der Waals surface area contributed by atoms with Crippen LogP contribution in [0.5, 0.6) is 5.75 Å². The van der Waals surface area contributed by atoms with Gasteiger partial charge in [0.1, 0.15) is 5.75 Å². The first kappa shape index (κ1) is 13.2. The smallest absolute Gasteiger partial charge is 0.422 e. The van der Waals surface area contributed by atoms with Crippen molar-refractivity contribution in [3.63, 3.8) is 0 Å². The number of nitrogens with zero attached hydrogens (tertiary/aromatic N) is 1. The van der Waals surface area contributed by atoms with Crippen molar-refractivity contribution in [1.82, 2.24) is 10.6 Å². The quantitative estimate of drug-likeness (QED) is 0.899. The molecular weight excluding hydrogens is 245 g/mol. The Labute approximate surface area is 103 Å². The van der Waals surface area contributed by atoms with E-state index >= 15 is 0 Å². The van der Waals surface area contributed by atoms with Crippen LogP contribution in [0.3, 0.4) is 0 Å². The van der Waals surface area contributed by atoms with Gasteiger partial charge in [0.2, 0.25) is 0 Å². The van der Waals surface area contributed by atoms with E-state index in [-0.39, 0.29) is 11.8 Å². The molecule has 0 bridgehead atoms. The fourth-order valence-electron chi connectivity index (χ4n) is 1.78. The average molecular weight is 259 g/mol. The molecule has 3 nitrogen and oxygen atoms in total. The normalized spacial score (nSPS) is 20.7. The summed E-state index contributed by atoms with van der Waals surface area (Å²) in [6.45, 7) is 1.14. The molecule has 18 heavy (non-hydrogen) atoms. The van der Waals surface area contributed by atoms with Gasteiger partial charge >= 0.3 is 6.18 Å². The third-order valence-electron chi connectivity index (χ3n) is 2.64. The molecule has 1 aliphatic rings. The Morgan fingerprint density at radius 1 is 1.28 bits per heavy atom. The molecule has 0 amide bonds. The van der Waals surface area contributed by atoms with Gasteiger partial charge in [0, 0.05) is 19.6 Å². The molecule has 1 radical (unpaired) electrons. The maximum atomic E-state index is 12.0. The zero-order chi connectivity index (χ0) is 13.0. The highest BCUT2D eigenvalue weighted by Gasteiger charge is 2.28. The highest BCUT2D eigenvalue weighted by Crippen LogP contribution is 2.21. The van der Waals surface area contributed by atoms with Crippen LogP contribution < -0.4 is 15.4 Å². The molecule has 1 unspecified atom stereocenters. The molecule has 1 aliphatic heterocycles. The largest absolute Gasteiger partial charge is 0.484 e. The van der Waals surface area contributed by atoms with Crippen LogP contribution in [0.15, 0.2) is 24.3 Å². The molecule has 1 saturated heterocycles. The number of hydrogen-bond acceptors (Lipinski definition) is 2. The summed E-state index contributed by atoms with van der Waals surface area (Å²) in [6, 6.07) is 6.69. The van der Waals surface area contributed by atoms with Crippen LogP contribution in [0.25, 0.3) is 0 Å². The van der Waals surface area contributed by atoms with Gasteiger partial charge in [-0.1, -0.05) is 12.1 Å². The summed E-state index contributed by atoms with van der Waals surface area (Å²) in [5.41, 5.74) is 0.988. The van der Waals surface area contributed by atoms with Crippen molar-refractivity contribution in [3.8, 4) is 5.75 Å². The van der Waals surface area contributed by atoms with Crippen molar-refractivity contribution in [2.75, 3.05) is 26.2 Å². The summed E-state index contributed by atoms with van der Waals surface area (Å²) < 4.78 is 40.5. The number of ether oxygens (including phenoxy) is 1. The van der Waals surface area contributed by atoms with E-state index in [4.69, 9.17) is 0 Å². The first-order valence-electron chi connectivity index (χ1n) is 5.71. The van der Waals surface area contributed by atoms with E-state index in [0.29, 0.717) is 0 Å². The lowest BCUT2D eigenvalue weighted by atomic mass is 10.1. The molecule has 1 aromatic rings. The third-order valence-corrected chi connectivity index (χ3v) is 2.64. The molecule has 1 fully saturated rings.